The van der Waals surface area contributed by atoms with Crippen molar-refractivity contribution in [2.75, 3.05) is 0 Å². The van der Waals surface area contributed by atoms with E-state index in [4.69, 9.17) is 0 Å². The molecule has 3 nitrogen and oxygen atoms in total. The first-order valence-corrected chi connectivity index (χ1v) is 7.58. The molecule has 3 rings (SSSR count). The van der Waals surface area contributed by atoms with Crippen LogP contribution in [0.5, 0.6) is 0 Å². The second-order valence-corrected chi connectivity index (χ2v) is 5.63. The summed E-state index contributed by atoms with van der Waals surface area (Å²) in [5, 5.41) is 4.37. The molecule has 0 bridgehead atoms. The molecule has 2 N–H and O–H groups in total. The lowest BCUT2D eigenvalue weighted by Crippen LogP contribution is -2.35. The first kappa shape index (κ1) is 14.5. The molecule has 0 saturated carbocycles. The average Bonchev–Trinajstić information content (AvgIpc) is 2.99. The predicted molar refractivity (Wildman–Crippen MR) is 90.1 cm³/mol. The number of carbonyl (C=O) groups is 1. The van der Waals surface area contributed by atoms with Crippen molar-refractivity contribution in [3.63, 3.8) is 0 Å². The van der Waals surface area contributed by atoms with Crippen LogP contribution in [0.15, 0.2) is 60.8 Å². The smallest absolute Gasteiger partial charge is 0.181 e. The SMILES string of the molecule is C[C@H](N[C@H](C)c1ccccc1)C(=O)c1c[nH]c2ccccc12. The summed E-state index contributed by atoms with van der Waals surface area (Å²) in [4.78, 5) is 15.9. The fourth-order valence-corrected chi connectivity index (χ4v) is 2.80. The second kappa shape index (κ2) is 6.16. The number of aromatic amines is 1. The van der Waals surface area contributed by atoms with Gasteiger partial charge >= 0.3 is 0 Å². The standard InChI is InChI=1S/C19H20N2O/c1-13(15-8-4-3-5-9-15)21-14(2)19(22)17-12-20-18-11-7-6-10-16(17)18/h3-14,20-21H,1-2H3/t13-,14+/m1/s1. The van der Waals surface area contributed by atoms with Crippen LogP contribution >= 0.6 is 0 Å². The molecule has 2 atom stereocenters. The van der Waals surface area contributed by atoms with Crippen molar-refractivity contribution in [1.82, 2.24) is 10.3 Å². The van der Waals surface area contributed by atoms with Crippen molar-refractivity contribution in [2.45, 2.75) is 25.9 Å². The van der Waals surface area contributed by atoms with Crippen LogP contribution in [0.2, 0.25) is 0 Å². The molecule has 0 aliphatic heterocycles. The van der Waals surface area contributed by atoms with E-state index in [2.05, 4.69) is 29.4 Å². The van der Waals surface area contributed by atoms with Crippen molar-refractivity contribution in [3.05, 3.63) is 71.9 Å². The molecule has 112 valence electrons. The van der Waals surface area contributed by atoms with Crippen LogP contribution in [0.3, 0.4) is 0 Å². The van der Waals surface area contributed by atoms with E-state index in [9.17, 15) is 4.79 Å². The minimum absolute atomic E-state index is 0.111. The largest absolute Gasteiger partial charge is 0.360 e. The predicted octanol–water partition coefficient (Wildman–Crippen LogP) is 4.09. The van der Waals surface area contributed by atoms with Gasteiger partial charge in [-0.2, -0.15) is 0 Å². The Morgan fingerprint density at radius 1 is 1.00 bits per heavy atom. The molecular formula is C19H20N2O. The zero-order chi connectivity index (χ0) is 15.5. The van der Waals surface area contributed by atoms with E-state index in [1.54, 1.807) is 6.20 Å². The highest BCUT2D eigenvalue weighted by Crippen LogP contribution is 2.20. The highest BCUT2D eigenvalue weighted by molar-refractivity contribution is 6.10. The van der Waals surface area contributed by atoms with Crippen LogP contribution in [-0.2, 0) is 0 Å². The number of para-hydroxylation sites is 1. The number of rotatable bonds is 5. The van der Waals surface area contributed by atoms with Crippen molar-refractivity contribution in [2.24, 2.45) is 0 Å². The molecule has 0 saturated heterocycles. The van der Waals surface area contributed by atoms with E-state index in [-0.39, 0.29) is 17.9 Å². The number of ketones is 1. The van der Waals surface area contributed by atoms with Crippen molar-refractivity contribution >= 4 is 16.7 Å². The topological polar surface area (TPSA) is 44.9 Å². The number of hydrogen-bond donors (Lipinski definition) is 2. The van der Waals surface area contributed by atoms with Gasteiger partial charge in [0.25, 0.3) is 0 Å². The molecule has 1 aromatic heterocycles. The quantitative estimate of drug-likeness (QED) is 0.696. The van der Waals surface area contributed by atoms with Crippen LogP contribution in [0.4, 0.5) is 0 Å². The lowest BCUT2D eigenvalue weighted by atomic mass is 10.0. The maximum absolute atomic E-state index is 12.7. The van der Waals surface area contributed by atoms with Crippen LogP contribution < -0.4 is 5.32 Å². The number of hydrogen-bond acceptors (Lipinski definition) is 2. The summed E-state index contributed by atoms with van der Waals surface area (Å²) in [6.07, 6.45) is 1.80. The molecule has 3 heteroatoms. The third kappa shape index (κ3) is 2.81. The van der Waals surface area contributed by atoms with Crippen LogP contribution in [-0.4, -0.2) is 16.8 Å². The van der Waals surface area contributed by atoms with Gasteiger partial charge in [-0.05, 0) is 25.5 Å². The van der Waals surface area contributed by atoms with Crippen LogP contribution in [0, 0.1) is 0 Å². The average molecular weight is 292 g/mol. The van der Waals surface area contributed by atoms with Crippen molar-refractivity contribution in [3.8, 4) is 0 Å². The normalized spacial score (nSPS) is 13.9. The highest BCUT2D eigenvalue weighted by Gasteiger charge is 2.20. The third-order valence-electron chi connectivity index (χ3n) is 4.05. The zero-order valence-electron chi connectivity index (χ0n) is 12.8. The van der Waals surface area contributed by atoms with Gasteiger partial charge in [0.05, 0.1) is 6.04 Å². The molecule has 3 aromatic rings. The summed E-state index contributed by atoms with van der Waals surface area (Å²) in [7, 11) is 0. The molecule has 22 heavy (non-hydrogen) atoms. The Morgan fingerprint density at radius 2 is 1.68 bits per heavy atom. The summed E-state index contributed by atoms with van der Waals surface area (Å²) in [6.45, 7) is 4.00. The number of aromatic nitrogens is 1. The molecule has 0 amide bonds. The minimum Gasteiger partial charge on any atom is -0.360 e. The maximum Gasteiger partial charge on any atom is 0.181 e. The van der Waals surface area contributed by atoms with Crippen LogP contribution in [0.25, 0.3) is 10.9 Å². The van der Waals surface area contributed by atoms with E-state index < -0.39 is 0 Å². The number of benzene rings is 2. The van der Waals surface area contributed by atoms with Gasteiger partial charge in [-0.25, -0.2) is 0 Å². The summed E-state index contributed by atoms with van der Waals surface area (Å²) in [5.41, 5.74) is 2.92. The number of fused-ring (bicyclic) bond motifs is 1. The first-order valence-electron chi connectivity index (χ1n) is 7.58. The van der Waals surface area contributed by atoms with E-state index in [1.165, 1.54) is 5.56 Å². The maximum atomic E-state index is 12.7. The highest BCUT2D eigenvalue weighted by atomic mass is 16.1. The molecule has 0 unspecified atom stereocenters. The molecule has 0 aliphatic carbocycles. The van der Waals surface area contributed by atoms with E-state index >= 15 is 0 Å². The van der Waals surface area contributed by atoms with Crippen molar-refractivity contribution < 1.29 is 4.79 Å². The Morgan fingerprint density at radius 3 is 2.45 bits per heavy atom. The van der Waals surface area contributed by atoms with Gasteiger partial charge in [0.15, 0.2) is 5.78 Å². The van der Waals surface area contributed by atoms with Gasteiger partial charge in [0.2, 0.25) is 0 Å². The summed E-state index contributed by atoms with van der Waals surface area (Å²) in [6, 6.07) is 17.9. The summed E-state index contributed by atoms with van der Waals surface area (Å²) >= 11 is 0. The second-order valence-electron chi connectivity index (χ2n) is 5.63. The monoisotopic (exact) mass is 292 g/mol. The Labute approximate surface area is 130 Å². The molecular weight excluding hydrogens is 272 g/mol. The first-order chi connectivity index (χ1) is 10.7. The number of carbonyl (C=O) groups excluding carboxylic acids is 1. The third-order valence-corrected chi connectivity index (χ3v) is 4.05. The van der Waals surface area contributed by atoms with Gasteiger partial charge in [-0.1, -0.05) is 48.5 Å². The fourth-order valence-electron chi connectivity index (χ4n) is 2.80. The summed E-state index contributed by atoms with van der Waals surface area (Å²) < 4.78 is 0. The van der Waals surface area contributed by atoms with E-state index in [0.29, 0.717) is 0 Å². The number of Topliss-reactive ketones (excluding diaryl/α,β-unsaturated/α-hetero) is 1. The molecule has 0 spiro atoms. The minimum atomic E-state index is -0.241. The van der Waals surface area contributed by atoms with Crippen LogP contribution in [0.1, 0.15) is 35.8 Å². The fraction of sp³-hybridized carbons (Fsp3) is 0.211. The van der Waals surface area contributed by atoms with E-state index in [0.717, 1.165) is 16.5 Å². The van der Waals surface area contributed by atoms with Gasteiger partial charge in [0, 0.05) is 28.7 Å². The lowest BCUT2D eigenvalue weighted by Gasteiger charge is -2.19. The molecule has 2 aromatic carbocycles. The Balaban J connectivity index is 1.77. The Bertz CT molecular complexity index is 776. The number of H-pyrrole nitrogens is 1. The molecule has 0 aliphatic rings. The van der Waals surface area contributed by atoms with E-state index in [1.807, 2.05) is 49.4 Å². The van der Waals surface area contributed by atoms with Gasteiger partial charge in [-0.15, -0.1) is 0 Å². The van der Waals surface area contributed by atoms with Crippen molar-refractivity contribution in [1.29, 1.82) is 0 Å². The molecule has 0 fully saturated rings. The Hall–Kier alpha value is -2.39. The summed E-state index contributed by atoms with van der Waals surface area (Å²) in [5.74, 6) is 0.111. The van der Waals surface area contributed by atoms with Gasteiger partial charge in [0.1, 0.15) is 0 Å². The van der Waals surface area contributed by atoms with Gasteiger partial charge < -0.3 is 10.3 Å². The number of nitrogens with one attached hydrogen (secondary N) is 2. The lowest BCUT2D eigenvalue weighted by molar-refractivity contribution is 0.0947. The molecule has 1 heterocycles. The van der Waals surface area contributed by atoms with Gasteiger partial charge in [-0.3, -0.25) is 4.79 Å². The molecule has 0 radical (unpaired) electrons. The Kier molecular flexibility index (Phi) is 4.07. The zero-order valence-corrected chi connectivity index (χ0v) is 12.8.